The quantitative estimate of drug-likeness (QED) is 0.723. The van der Waals surface area contributed by atoms with Crippen molar-refractivity contribution in [3.8, 4) is 11.4 Å². The van der Waals surface area contributed by atoms with Crippen LogP contribution in [0.2, 0.25) is 0 Å². The first-order valence-electron chi connectivity index (χ1n) is 5.94. The SMILES string of the molecule is Cc1cccc2c(N)nc(-c3cccc(F)c3)nc12. The van der Waals surface area contributed by atoms with E-state index in [4.69, 9.17) is 5.73 Å². The molecule has 0 aliphatic rings. The summed E-state index contributed by atoms with van der Waals surface area (Å²) in [5.74, 6) is 0.538. The molecule has 0 fully saturated rings. The Morgan fingerprint density at radius 3 is 2.63 bits per heavy atom. The van der Waals surface area contributed by atoms with Crippen molar-refractivity contribution in [2.45, 2.75) is 6.92 Å². The molecule has 0 bridgehead atoms. The van der Waals surface area contributed by atoms with Crippen molar-refractivity contribution in [3.63, 3.8) is 0 Å². The van der Waals surface area contributed by atoms with E-state index >= 15 is 0 Å². The number of hydrogen-bond acceptors (Lipinski definition) is 3. The van der Waals surface area contributed by atoms with Crippen LogP contribution in [-0.4, -0.2) is 9.97 Å². The molecule has 0 aliphatic heterocycles. The van der Waals surface area contributed by atoms with Crippen LogP contribution in [0.4, 0.5) is 10.2 Å². The van der Waals surface area contributed by atoms with Gasteiger partial charge in [0.1, 0.15) is 11.6 Å². The molecule has 0 amide bonds. The molecule has 0 unspecified atom stereocenters. The molecule has 0 aliphatic carbocycles. The smallest absolute Gasteiger partial charge is 0.162 e. The van der Waals surface area contributed by atoms with Crippen LogP contribution in [0.5, 0.6) is 0 Å². The summed E-state index contributed by atoms with van der Waals surface area (Å²) in [6.45, 7) is 1.96. The molecular weight excluding hydrogens is 241 g/mol. The summed E-state index contributed by atoms with van der Waals surface area (Å²) in [5, 5.41) is 0.820. The van der Waals surface area contributed by atoms with Crippen molar-refractivity contribution >= 4 is 16.7 Å². The van der Waals surface area contributed by atoms with Gasteiger partial charge in [-0.05, 0) is 30.7 Å². The molecule has 19 heavy (non-hydrogen) atoms. The summed E-state index contributed by atoms with van der Waals surface area (Å²) in [5.41, 5.74) is 8.40. The number of anilines is 1. The van der Waals surface area contributed by atoms with E-state index in [1.807, 2.05) is 25.1 Å². The maximum Gasteiger partial charge on any atom is 0.162 e. The van der Waals surface area contributed by atoms with Crippen LogP contribution in [0.3, 0.4) is 0 Å². The molecule has 2 aromatic carbocycles. The highest BCUT2D eigenvalue weighted by Gasteiger charge is 2.09. The Morgan fingerprint density at radius 2 is 1.84 bits per heavy atom. The highest BCUT2D eigenvalue weighted by atomic mass is 19.1. The zero-order valence-corrected chi connectivity index (χ0v) is 10.4. The highest BCUT2D eigenvalue weighted by Crippen LogP contribution is 2.25. The lowest BCUT2D eigenvalue weighted by Gasteiger charge is -2.07. The van der Waals surface area contributed by atoms with Gasteiger partial charge in [-0.15, -0.1) is 0 Å². The van der Waals surface area contributed by atoms with Crippen LogP contribution < -0.4 is 5.73 Å². The van der Waals surface area contributed by atoms with Gasteiger partial charge in [0, 0.05) is 10.9 Å². The van der Waals surface area contributed by atoms with Crippen molar-refractivity contribution in [2.24, 2.45) is 0 Å². The Labute approximate surface area is 109 Å². The van der Waals surface area contributed by atoms with E-state index in [-0.39, 0.29) is 5.82 Å². The van der Waals surface area contributed by atoms with Crippen LogP contribution in [0.25, 0.3) is 22.3 Å². The van der Waals surface area contributed by atoms with Gasteiger partial charge in [-0.3, -0.25) is 0 Å². The third-order valence-electron chi connectivity index (χ3n) is 3.04. The van der Waals surface area contributed by atoms with Crippen LogP contribution in [0, 0.1) is 12.7 Å². The highest BCUT2D eigenvalue weighted by molar-refractivity contribution is 5.91. The Balaban J connectivity index is 2.29. The number of aromatic nitrogens is 2. The summed E-state index contributed by atoms with van der Waals surface area (Å²) in [6.07, 6.45) is 0. The van der Waals surface area contributed by atoms with Gasteiger partial charge < -0.3 is 5.73 Å². The molecule has 1 heterocycles. The topological polar surface area (TPSA) is 51.8 Å². The fourth-order valence-electron chi connectivity index (χ4n) is 2.08. The zero-order chi connectivity index (χ0) is 13.4. The largest absolute Gasteiger partial charge is 0.383 e. The maximum atomic E-state index is 13.3. The van der Waals surface area contributed by atoms with E-state index in [2.05, 4.69) is 9.97 Å². The molecule has 0 atom stereocenters. The van der Waals surface area contributed by atoms with E-state index in [0.29, 0.717) is 17.2 Å². The summed E-state index contributed by atoms with van der Waals surface area (Å²) in [6, 6.07) is 11.9. The fraction of sp³-hybridized carbons (Fsp3) is 0.0667. The lowest BCUT2D eigenvalue weighted by molar-refractivity contribution is 0.628. The number of rotatable bonds is 1. The molecule has 1 aromatic heterocycles. The Bertz CT molecular complexity index is 768. The van der Waals surface area contributed by atoms with Crippen LogP contribution in [0.1, 0.15) is 5.56 Å². The lowest BCUT2D eigenvalue weighted by atomic mass is 10.1. The molecule has 0 saturated carbocycles. The van der Waals surface area contributed by atoms with Gasteiger partial charge in [0.15, 0.2) is 5.82 Å². The predicted octanol–water partition coefficient (Wildman–Crippen LogP) is 3.33. The minimum atomic E-state index is -0.315. The summed E-state index contributed by atoms with van der Waals surface area (Å²) < 4.78 is 13.3. The molecule has 3 nitrogen and oxygen atoms in total. The van der Waals surface area contributed by atoms with Crippen molar-refractivity contribution < 1.29 is 4.39 Å². The number of para-hydroxylation sites is 1. The third-order valence-corrected chi connectivity index (χ3v) is 3.04. The summed E-state index contributed by atoms with van der Waals surface area (Å²) in [4.78, 5) is 8.74. The predicted molar refractivity (Wildman–Crippen MR) is 74.1 cm³/mol. The number of nitrogen functional groups attached to an aromatic ring is 1. The van der Waals surface area contributed by atoms with Gasteiger partial charge in [0.05, 0.1) is 5.52 Å². The third kappa shape index (κ3) is 2.01. The van der Waals surface area contributed by atoms with Crippen molar-refractivity contribution in [1.29, 1.82) is 0 Å². The number of nitrogens with zero attached hydrogens (tertiary/aromatic N) is 2. The Kier molecular flexibility index (Phi) is 2.63. The second kappa shape index (κ2) is 4.31. The van der Waals surface area contributed by atoms with E-state index < -0.39 is 0 Å². The first kappa shape index (κ1) is 11.6. The second-order valence-electron chi connectivity index (χ2n) is 4.41. The van der Waals surface area contributed by atoms with Gasteiger partial charge in [-0.25, -0.2) is 14.4 Å². The summed E-state index contributed by atoms with van der Waals surface area (Å²) in [7, 11) is 0. The lowest BCUT2D eigenvalue weighted by Crippen LogP contribution is -1.99. The van der Waals surface area contributed by atoms with E-state index in [1.165, 1.54) is 12.1 Å². The van der Waals surface area contributed by atoms with Gasteiger partial charge >= 0.3 is 0 Å². The number of aryl methyl sites for hydroxylation is 1. The Hall–Kier alpha value is -2.49. The monoisotopic (exact) mass is 253 g/mol. The molecule has 3 aromatic rings. The minimum Gasteiger partial charge on any atom is -0.383 e. The summed E-state index contributed by atoms with van der Waals surface area (Å²) >= 11 is 0. The number of benzene rings is 2. The first-order valence-corrected chi connectivity index (χ1v) is 5.94. The van der Waals surface area contributed by atoms with E-state index in [0.717, 1.165) is 16.5 Å². The number of nitrogens with two attached hydrogens (primary N) is 1. The molecule has 0 radical (unpaired) electrons. The average molecular weight is 253 g/mol. The van der Waals surface area contributed by atoms with Crippen molar-refractivity contribution in [1.82, 2.24) is 9.97 Å². The maximum absolute atomic E-state index is 13.3. The van der Waals surface area contributed by atoms with Crippen LogP contribution in [-0.2, 0) is 0 Å². The number of halogens is 1. The van der Waals surface area contributed by atoms with Gasteiger partial charge in [-0.2, -0.15) is 0 Å². The van der Waals surface area contributed by atoms with E-state index in [9.17, 15) is 4.39 Å². The van der Waals surface area contributed by atoms with Crippen molar-refractivity contribution in [3.05, 3.63) is 53.8 Å². The van der Waals surface area contributed by atoms with Gasteiger partial charge in [-0.1, -0.05) is 24.3 Å². The first-order chi connectivity index (χ1) is 9.15. The second-order valence-corrected chi connectivity index (χ2v) is 4.41. The van der Waals surface area contributed by atoms with Gasteiger partial charge in [0.2, 0.25) is 0 Å². The molecular formula is C15H12FN3. The molecule has 0 spiro atoms. The normalized spacial score (nSPS) is 10.8. The average Bonchev–Trinajstić information content (AvgIpc) is 2.40. The molecule has 4 heteroatoms. The van der Waals surface area contributed by atoms with E-state index in [1.54, 1.807) is 12.1 Å². The fourth-order valence-corrected chi connectivity index (χ4v) is 2.08. The standard InChI is InChI=1S/C15H12FN3/c1-9-4-2-7-12-13(9)18-15(19-14(12)17)10-5-3-6-11(16)8-10/h2-8H,1H3,(H2,17,18,19). The van der Waals surface area contributed by atoms with Gasteiger partial charge in [0.25, 0.3) is 0 Å². The van der Waals surface area contributed by atoms with Crippen LogP contribution in [0.15, 0.2) is 42.5 Å². The number of hydrogen-bond donors (Lipinski definition) is 1. The molecule has 94 valence electrons. The van der Waals surface area contributed by atoms with Crippen molar-refractivity contribution in [2.75, 3.05) is 5.73 Å². The molecule has 3 rings (SSSR count). The zero-order valence-electron chi connectivity index (χ0n) is 10.4. The molecule has 0 saturated heterocycles. The number of fused-ring (bicyclic) bond motifs is 1. The minimum absolute atomic E-state index is 0.315. The molecule has 2 N–H and O–H groups in total. The van der Waals surface area contributed by atoms with Crippen LogP contribution >= 0.6 is 0 Å². The Morgan fingerprint density at radius 1 is 1.05 bits per heavy atom.